The Morgan fingerprint density at radius 1 is 1.17 bits per heavy atom. The average molecular weight is 483 g/mol. The van der Waals surface area contributed by atoms with Gasteiger partial charge in [0, 0.05) is 18.4 Å². The standard InChI is InChI=1S/C27H31FN2O5/c1-17-13-19(14-18(2)25(17)34-16-22(32)15-31)26-29-24(35-30-26)10-12-27(11-4-3-5-23(27)33)20-6-8-21(28)9-7-20/h6-9,13-14,22,31-32H,3-5,10-12,15-16H2,1-2H3/t22-,27?/m1/s1. The van der Waals surface area contributed by atoms with Gasteiger partial charge < -0.3 is 19.5 Å². The number of Topliss-reactive ketones (excluding diaryl/α,β-unsaturated/α-hetero) is 1. The van der Waals surface area contributed by atoms with Crippen molar-refractivity contribution in [2.45, 2.75) is 63.9 Å². The lowest BCUT2D eigenvalue weighted by Gasteiger charge is -2.36. The molecule has 4 rings (SSSR count). The summed E-state index contributed by atoms with van der Waals surface area (Å²) in [4.78, 5) is 17.6. The summed E-state index contributed by atoms with van der Waals surface area (Å²) in [5, 5.41) is 22.7. The van der Waals surface area contributed by atoms with Crippen LogP contribution in [0, 0.1) is 19.7 Å². The molecule has 1 unspecified atom stereocenters. The Morgan fingerprint density at radius 3 is 2.54 bits per heavy atom. The summed E-state index contributed by atoms with van der Waals surface area (Å²) >= 11 is 0. The minimum atomic E-state index is -0.942. The van der Waals surface area contributed by atoms with Gasteiger partial charge in [0.2, 0.25) is 11.7 Å². The Labute approximate surface area is 203 Å². The van der Waals surface area contributed by atoms with Crippen molar-refractivity contribution in [1.29, 1.82) is 0 Å². The van der Waals surface area contributed by atoms with Gasteiger partial charge in [-0.05, 0) is 74.1 Å². The SMILES string of the molecule is Cc1cc(-c2noc(CCC3(c4ccc(F)cc4)CCCCC3=O)n2)cc(C)c1OC[C@H](O)CO. The van der Waals surface area contributed by atoms with Gasteiger partial charge in [0.05, 0.1) is 12.0 Å². The zero-order valence-electron chi connectivity index (χ0n) is 20.1. The highest BCUT2D eigenvalue weighted by atomic mass is 19.1. The highest BCUT2D eigenvalue weighted by Gasteiger charge is 2.41. The Hall–Kier alpha value is -3.10. The largest absolute Gasteiger partial charge is 0.490 e. The quantitative estimate of drug-likeness (QED) is 0.470. The first kappa shape index (κ1) is 25.0. The Balaban J connectivity index is 1.51. The second-order valence-electron chi connectivity index (χ2n) is 9.32. The van der Waals surface area contributed by atoms with E-state index in [-0.39, 0.29) is 24.8 Å². The molecule has 1 aliphatic carbocycles. The van der Waals surface area contributed by atoms with Gasteiger partial charge in [-0.1, -0.05) is 23.7 Å². The molecule has 1 fully saturated rings. The van der Waals surface area contributed by atoms with Crippen LogP contribution >= 0.6 is 0 Å². The van der Waals surface area contributed by atoms with Gasteiger partial charge >= 0.3 is 0 Å². The van der Waals surface area contributed by atoms with Gasteiger partial charge in [-0.15, -0.1) is 0 Å². The highest BCUT2D eigenvalue weighted by molar-refractivity contribution is 5.90. The maximum absolute atomic E-state index is 13.5. The molecule has 0 saturated heterocycles. The van der Waals surface area contributed by atoms with E-state index in [1.807, 2.05) is 26.0 Å². The smallest absolute Gasteiger partial charge is 0.227 e. The summed E-state index contributed by atoms with van der Waals surface area (Å²) in [5.41, 5.74) is 2.65. The molecule has 0 amide bonds. The number of aromatic nitrogens is 2. The third-order valence-corrected chi connectivity index (χ3v) is 6.77. The summed E-state index contributed by atoms with van der Waals surface area (Å²) in [5.74, 6) is 1.39. The molecule has 8 heteroatoms. The molecule has 7 nitrogen and oxygen atoms in total. The number of aliphatic hydroxyl groups excluding tert-OH is 2. The van der Waals surface area contributed by atoms with Crippen LogP contribution in [0.4, 0.5) is 4.39 Å². The predicted molar refractivity (Wildman–Crippen MR) is 128 cm³/mol. The number of halogens is 1. The number of ketones is 1. The van der Waals surface area contributed by atoms with Gasteiger partial charge in [0.1, 0.15) is 30.1 Å². The molecule has 1 aliphatic rings. The lowest BCUT2D eigenvalue weighted by molar-refractivity contribution is -0.126. The van der Waals surface area contributed by atoms with Crippen molar-refractivity contribution in [2.75, 3.05) is 13.2 Å². The molecule has 0 bridgehead atoms. The number of aliphatic hydroxyl groups is 2. The van der Waals surface area contributed by atoms with Crippen LogP contribution in [0.15, 0.2) is 40.9 Å². The van der Waals surface area contributed by atoms with E-state index >= 15 is 0 Å². The summed E-state index contributed by atoms with van der Waals surface area (Å²) in [6.45, 7) is 3.41. The van der Waals surface area contributed by atoms with Crippen molar-refractivity contribution in [3.63, 3.8) is 0 Å². The fourth-order valence-electron chi connectivity index (χ4n) is 4.91. The fourth-order valence-corrected chi connectivity index (χ4v) is 4.91. The molecule has 1 aromatic heterocycles. The number of carbonyl (C=O) groups is 1. The molecule has 2 N–H and O–H groups in total. The van der Waals surface area contributed by atoms with Crippen LogP contribution in [-0.2, 0) is 16.6 Å². The number of rotatable bonds is 9. The molecule has 2 aromatic carbocycles. The van der Waals surface area contributed by atoms with E-state index in [0.29, 0.717) is 36.7 Å². The van der Waals surface area contributed by atoms with Crippen LogP contribution in [-0.4, -0.2) is 45.5 Å². The average Bonchev–Trinajstić information content (AvgIpc) is 3.32. The highest BCUT2D eigenvalue weighted by Crippen LogP contribution is 2.41. The summed E-state index contributed by atoms with van der Waals surface area (Å²) in [6, 6.07) is 10.0. The third-order valence-electron chi connectivity index (χ3n) is 6.77. The van der Waals surface area contributed by atoms with Gasteiger partial charge in [-0.25, -0.2) is 4.39 Å². The van der Waals surface area contributed by atoms with E-state index < -0.39 is 11.5 Å². The first-order valence-corrected chi connectivity index (χ1v) is 12.0. The van der Waals surface area contributed by atoms with Gasteiger partial charge in [0.15, 0.2) is 0 Å². The van der Waals surface area contributed by atoms with Gasteiger partial charge in [0.25, 0.3) is 0 Å². The molecule has 0 aliphatic heterocycles. The molecule has 0 radical (unpaired) electrons. The van der Waals surface area contributed by atoms with E-state index in [9.17, 15) is 14.3 Å². The summed E-state index contributed by atoms with van der Waals surface area (Å²) in [7, 11) is 0. The van der Waals surface area contributed by atoms with Crippen molar-refractivity contribution in [2.24, 2.45) is 0 Å². The summed E-state index contributed by atoms with van der Waals surface area (Å²) < 4.78 is 24.7. The number of carbonyl (C=O) groups excluding carboxylic acids is 1. The van der Waals surface area contributed by atoms with Crippen LogP contribution < -0.4 is 4.74 Å². The summed E-state index contributed by atoms with van der Waals surface area (Å²) in [6.07, 6.45) is 3.09. The van der Waals surface area contributed by atoms with Crippen molar-refractivity contribution >= 4 is 5.78 Å². The maximum atomic E-state index is 13.5. The van der Waals surface area contributed by atoms with Crippen molar-refractivity contribution in [1.82, 2.24) is 10.1 Å². The van der Waals surface area contributed by atoms with E-state index in [0.717, 1.165) is 41.5 Å². The number of benzene rings is 2. The van der Waals surface area contributed by atoms with Crippen LogP contribution in [0.5, 0.6) is 5.75 Å². The molecule has 0 spiro atoms. The van der Waals surface area contributed by atoms with Gasteiger partial charge in [-0.2, -0.15) is 4.98 Å². The molecule has 3 aromatic rings. The topological polar surface area (TPSA) is 106 Å². The van der Waals surface area contributed by atoms with E-state index in [2.05, 4.69) is 10.1 Å². The lowest BCUT2D eigenvalue weighted by atomic mass is 9.66. The van der Waals surface area contributed by atoms with Crippen molar-refractivity contribution in [3.8, 4) is 17.1 Å². The Kier molecular flexibility index (Phi) is 7.62. The number of nitrogens with zero attached hydrogens (tertiary/aromatic N) is 2. The number of hydrogen-bond acceptors (Lipinski definition) is 7. The zero-order valence-corrected chi connectivity index (χ0v) is 20.1. The molecule has 1 saturated carbocycles. The van der Waals surface area contributed by atoms with Crippen molar-refractivity contribution in [3.05, 3.63) is 64.8 Å². The van der Waals surface area contributed by atoms with Crippen LogP contribution in [0.3, 0.4) is 0 Å². The second kappa shape index (κ2) is 10.7. The first-order chi connectivity index (χ1) is 16.8. The molecule has 2 atom stereocenters. The van der Waals surface area contributed by atoms with Crippen LogP contribution in [0.1, 0.15) is 54.7 Å². The van der Waals surface area contributed by atoms with Crippen LogP contribution in [0.25, 0.3) is 11.4 Å². The minimum Gasteiger partial charge on any atom is -0.490 e. The Morgan fingerprint density at radius 2 is 1.89 bits per heavy atom. The predicted octanol–water partition coefficient (Wildman–Crippen LogP) is 4.24. The number of aryl methyl sites for hydroxylation is 3. The van der Waals surface area contributed by atoms with E-state index in [4.69, 9.17) is 14.4 Å². The minimum absolute atomic E-state index is 0.00158. The molecule has 186 valence electrons. The second-order valence-corrected chi connectivity index (χ2v) is 9.32. The molecule has 35 heavy (non-hydrogen) atoms. The molecular weight excluding hydrogens is 451 g/mol. The molecular formula is C27H31FN2O5. The zero-order chi connectivity index (χ0) is 25.0. The Bertz CT molecular complexity index is 1150. The normalized spacial score (nSPS) is 19.1. The van der Waals surface area contributed by atoms with Crippen molar-refractivity contribution < 1.29 is 28.7 Å². The fraction of sp³-hybridized carbons (Fsp3) is 0.444. The maximum Gasteiger partial charge on any atom is 0.227 e. The van der Waals surface area contributed by atoms with E-state index in [1.54, 1.807) is 12.1 Å². The van der Waals surface area contributed by atoms with E-state index in [1.165, 1.54) is 12.1 Å². The molecule has 1 heterocycles. The number of ether oxygens (including phenoxy) is 1. The first-order valence-electron chi connectivity index (χ1n) is 12.0. The third kappa shape index (κ3) is 5.44. The van der Waals surface area contributed by atoms with Crippen LogP contribution in [0.2, 0.25) is 0 Å². The lowest BCUT2D eigenvalue weighted by Crippen LogP contribution is -2.39. The number of hydrogen-bond donors (Lipinski definition) is 2. The van der Waals surface area contributed by atoms with Gasteiger partial charge in [-0.3, -0.25) is 4.79 Å². The monoisotopic (exact) mass is 482 g/mol.